The highest BCUT2D eigenvalue weighted by Gasteiger charge is 2.20. The van der Waals surface area contributed by atoms with Crippen molar-refractivity contribution in [2.45, 2.75) is 31.8 Å². The van der Waals surface area contributed by atoms with E-state index in [-0.39, 0.29) is 18.4 Å². The number of nitrogens with one attached hydrogen (secondary N) is 1. The Morgan fingerprint density at radius 2 is 2.06 bits per heavy atom. The van der Waals surface area contributed by atoms with Gasteiger partial charge in [0, 0.05) is 30.9 Å². The first-order chi connectivity index (χ1) is 8.42. The van der Waals surface area contributed by atoms with Gasteiger partial charge in [0.15, 0.2) is 0 Å². The predicted molar refractivity (Wildman–Crippen MR) is 68.4 cm³/mol. The number of aliphatic hydroxyl groups is 1. The Balaban J connectivity index is 2.41. The van der Waals surface area contributed by atoms with E-state index in [1.807, 2.05) is 12.1 Å². The lowest BCUT2D eigenvalue weighted by molar-refractivity contribution is -0.139. The summed E-state index contributed by atoms with van der Waals surface area (Å²) < 4.78 is 0. The molecule has 18 heavy (non-hydrogen) atoms. The number of nitrogens with zero attached hydrogens (tertiary/aromatic N) is 1. The molecule has 0 bridgehead atoms. The minimum absolute atomic E-state index is 0.0914. The zero-order valence-corrected chi connectivity index (χ0v) is 10.8. The lowest BCUT2D eigenvalue weighted by atomic mass is 9.85. The predicted octanol–water partition coefficient (Wildman–Crippen LogP) is 0.784. The molecule has 0 saturated heterocycles. The fourth-order valence-electron chi connectivity index (χ4n) is 1.73. The highest BCUT2D eigenvalue weighted by atomic mass is 16.4. The fourth-order valence-corrected chi connectivity index (χ4v) is 1.73. The molecule has 0 aromatic carbocycles. The zero-order chi connectivity index (χ0) is 13.6. The number of aliphatic carboxylic acids is 1. The van der Waals surface area contributed by atoms with Crippen LogP contribution in [0.2, 0.25) is 0 Å². The topological polar surface area (TPSA) is 82.5 Å². The van der Waals surface area contributed by atoms with E-state index in [4.69, 9.17) is 5.11 Å². The molecule has 0 aliphatic rings. The molecular weight excluding hydrogens is 232 g/mol. The van der Waals surface area contributed by atoms with Gasteiger partial charge in [0.1, 0.15) is 0 Å². The van der Waals surface area contributed by atoms with Crippen molar-refractivity contribution in [2.24, 2.45) is 0 Å². The molecule has 5 nitrogen and oxygen atoms in total. The van der Waals surface area contributed by atoms with Crippen LogP contribution in [0.3, 0.4) is 0 Å². The van der Waals surface area contributed by atoms with Crippen molar-refractivity contribution >= 4 is 5.97 Å². The Morgan fingerprint density at radius 3 is 2.61 bits per heavy atom. The van der Waals surface area contributed by atoms with Crippen LogP contribution in [0, 0.1) is 0 Å². The summed E-state index contributed by atoms with van der Waals surface area (Å²) in [7, 11) is 0. The van der Waals surface area contributed by atoms with Gasteiger partial charge in [0.05, 0.1) is 12.5 Å². The summed E-state index contributed by atoms with van der Waals surface area (Å²) in [6.45, 7) is 5.10. The maximum absolute atomic E-state index is 10.4. The second-order valence-electron chi connectivity index (χ2n) is 5.00. The summed E-state index contributed by atoms with van der Waals surface area (Å²) in [5.41, 5.74) is 1.06. The van der Waals surface area contributed by atoms with Crippen molar-refractivity contribution in [3.05, 3.63) is 30.1 Å². The molecule has 0 radical (unpaired) electrons. The van der Waals surface area contributed by atoms with Crippen LogP contribution in [-0.2, 0) is 10.2 Å². The third-order valence-corrected chi connectivity index (χ3v) is 2.82. The van der Waals surface area contributed by atoms with Gasteiger partial charge in [-0.15, -0.1) is 0 Å². The Hall–Kier alpha value is -1.46. The fraction of sp³-hybridized carbons (Fsp3) is 0.538. The minimum atomic E-state index is -0.988. The summed E-state index contributed by atoms with van der Waals surface area (Å²) in [5.74, 6) is -0.988. The van der Waals surface area contributed by atoms with Gasteiger partial charge >= 0.3 is 5.97 Å². The largest absolute Gasteiger partial charge is 0.481 e. The normalized spacial score (nSPS) is 13.3. The van der Waals surface area contributed by atoms with Crippen LogP contribution in [0.15, 0.2) is 24.5 Å². The first-order valence-electron chi connectivity index (χ1n) is 5.93. The second kappa shape index (κ2) is 6.47. The molecule has 0 fully saturated rings. The molecule has 0 aliphatic carbocycles. The van der Waals surface area contributed by atoms with Crippen molar-refractivity contribution in [3.8, 4) is 0 Å². The third kappa shape index (κ3) is 4.81. The molecule has 0 spiro atoms. The average Bonchev–Trinajstić information content (AvgIpc) is 2.29. The minimum Gasteiger partial charge on any atom is -0.481 e. The number of carboxylic acid groups (broad SMARTS) is 1. The van der Waals surface area contributed by atoms with Crippen LogP contribution in [-0.4, -0.2) is 40.4 Å². The Kier molecular flexibility index (Phi) is 5.25. The van der Waals surface area contributed by atoms with Crippen LogP contribution in [0.4, 0.5) is 0 Å². The highest BCUT2D eigenvalue weighted by Crippen LogP contribution is 2.21. The number of carboxylic acids is 1. The maximum Gasteiger partial charge on any atom is 0.306 e. The van der Waals surface area contributed by atoms with E-state index in [9.17, 15) is 9.90 Å². The molecule has 1 rings (SSSR count). The molecule has 0 amide bonds. The van der Waals surface area contributed by atoms with E-state index in [0.29, 0.717) is 6.54 Å². The molecule has 5 heteroatoms. The van der Waals surface area contributed by atoms with Gasteiger partial charge in [-0.2, -0.15) is 0 Å². The van der Waals surface area contributed by atoms with E-state index >= 15 is 0 Å². The second-order valence-corrected chi connectivity index (χ2v) is 5.00. The molecule has 1 aromatic rings. The number of hydrogen-bond donors (Lipinski definition) is 3. The van der Waals surface area contributed by atoms with Crippen LogP contribution < -0.4 is 5.32 Å². The van der Waals surface area contributed by atoms with Crippen LogP contribution in [0.1, 0.15) is 25.8 Å². The van der Waals surface area contributed by atoms with Gasteiger partial charge in [0.2, 0.25) is 0 Å². The Labute approximate surface area is 107 Å². The molecule has 0 saturated carbocycles. The maximum atomic E-state index is 10.4. The van der Waals surface area contributed by atoms with E-state index in [2.05, 4.69) is 24.1 Å². The van der Waals surface area contributed by atoms with E-state index in [1.165, 1.54) is 0 Å². The molecule has 1 heterocycles. The van der Waals surface area contributed by atoms with Crippen LogP contribution in [0.25, 0.3) is 0 Å². The lowest BCUT2D eigenvalue weighted by Crippen LogP contribution is -2.37. The van der Waals surface area contributed by atoms with Gasteiger partial charge in [-0.3, -0.25) is 9.78 Å². The van der Waals surface area contributed by atoms with Gasteiger partial charge in [-0.05, 0) is 17.7 Å². The molecule has 1 unspecified atom stereocenters. The van der Waals surface area contributed by atoms with E-state index < -0.39 is 12.1 Å². The average molecular weight is 252 g/mol. The Morgan fingerprint density at radius 1 is 1.44 bits per heavy atom. The number of aliphatic hydroxyl groups excluding tert-OH is 1. The highest BCUT2D eigenvalue weighted by molar-refractivity contribution is 5.67. The molecule has 100 valence electrons. The molecule has 1 atom stereocenters. The quantitative estimate of drug-likeness (QED) is 0.668. The number of aromatic nitrogens is 1. The molecule has 1 aromatic heterocycles. The summed E-state index contributed by atoms with van der Waals surface area (Å²) in [4.78, 5) is 14.4. The number of rotatable bonds is 7. The van der Waals surface area contributed by atoms with Crippen molar-refractivity contribution in [1.29, 1.82) is 0 Å². The smallest absolute Gasteiger partial charge is 0.306 e. The number of hydrogen-bond acceptors (Lipinski definition) is 4. The summed E-state index contributed by atoms with van der Waals surface area (Å²) in [5, 5.41) is 21.1. The Bertz CT molecular complexity index is 379. The SMILES string of the molecule is CC(C)(CNCC(O)CC(=O)O)c1ccncc1. The van der Waals surface area contributed by atoms with Crippen LogP contribution >= 0.6 is 0 Å². The molecular formula is C13H20N2O3. The van der Waals surface area contributed by atoms with Gasteiger partial charge in [-0.1, -0.05) is 13.8 Å². The van der Waals surface area contributed by atoms with Crippen molar-refractivity contribution < 1.29 is 15.0 Å². The zero-order valence-electron chi connectivity index (χ0n) is 10.8. The molecule has 0 aliphatic heterocycles. The van der Waals surface area contributed by atoms with Crippen molar-refractivity contribution in [3.63, 3.8) is 0 Å². The summed E-state index contributed by atoms with van der Waals surface area (Å²) in [6, 6.07) is 3.91. The number of carbonyl (C=O) groups is 1. The molecule has 3 N–H and O–H groups in total. The van der Waals surface area contributed by atoms with Crippen molar-refractivity contribution in [1.82, 2.24) is 10.3 Å². The van der Waals surface area contributed by atoms with E-state index in [0.717, 1.165) is 5.56 Å². The lowest BCUT2D eigenvalue weighted by Gasteiger charge is -2.26. The number of pyridine rings is 1. The first kappa shape index (κ1) is 14.6. The first-order valence-corrected chi connectivity index (χ1v) is 5.93. The van der Waals surface area contributed by atoms with Crippen molar-refractivity contribution in [2.75, 3.05) is 13.1 Å². The third-order valence-electron chi connectivity index (χ3n) is 2.82. The standard InChI is InChI=1S/C13H20N2O3/c1-13(2,10-3-5-14-6-4-10)9-15-8-11(16)7-12(17)18/h3-6,11,15-16H,7-9H2,1-2H3,(H,17,18). The summed E-state index contributed by atoms with van der Waals surface area (Å²) >= 11 is 0. The van der Waals surface area contributed by atoms with Gasteiger partial charge in [0.25, 0.3) is 0 Å². The van der Waals surface area contributed by atoms with Crippen LogP contribution in [0.5, 0.6) is 0 Å². The monoisotopic (exact) mass is 252 g/mol. The van der Waals surface area contributed by atoms with E-state index in [1.54, 1.807) is 12.4 Å². The van der Waals surface area contributed by atoms with Gasteiger partial charge in [-0.25, -0.2) is 0 Å². The summed E-state index contributed by atoms with van der Waals surface area (Å²) in [6.07, 6.45) is 2.41. The van der Waals surface area contributed by atoms with Gasteiger partial charge < -0.3 is 15.5 Å².